The highest BCUT2D eigenvalue weighted by atomic mass is 32.2. The van der Waals surface area contributed by atoms with Crippen LogP contribution in [0.3, 0.4) is 0 Å². The molecule has 1 heterocycles. The molecule has 3 aromatic rings. The number of fused-ring (bicyclic) bond motifs is 1. The maximum Gasteiger partial charge on any atom is 0.419 e. The molecule has 8 nitrogen and oxygen atoms in total. The van der Waals surface area contributed by atoms with Gasteiger partial charge in [-0.2, -0.15) is 0 Å². The third kappa shape index (κ3) is 3.45. The smallest absolute Gasteiger partial charge is 0.419 e. The Hall–Kier alpha value is -3.07. The molecule has 1 aromatic heterocycles. The Morgan fingerprint density at radius 2 is 1.96 bits per heavy atom. The number of aryl methyl sites for hydroxylation is 2. The summed E-state index contributed by atoms with van der Waals surface area (Å²) in [5.41, 5.74) is 1.29. The minimum absolute atomic E-state index is 0.0528. The van der Waals surface area contributed by atoms with Crippen LogP contribution >= 0.6 is 0 Å². The van der Waals surface area contributed by atoms with Crippen molar-refractivity contribution in [2.45, 2.75) is 18.7 Å². The van der Waals surface area contributed by atoms with E-state index in [4.69, 9.17) is 9.15 Å². The normalized spacial score (nSPS) is 11.5. The molecule has 27 heavy (non-hydrogen) atoms. The van der Waals surface area contributed by atoms with Crippen LogP contribution in [0.2, 0.25) is 0 Å². The van der Waals surface area contributed by atoms with Gasteiger partial charge in [-0.3, -0.25) is 9.29 Å². The molecule has 0 aliphatic rings. The highest BCUT2D eigenvalue weighted by Gasteiger charge is 2.23. The Kier molecular flexibility index (Phi) is 4.79. The maximum atomic E-state index is 12.9. The van der Waals surface area contributed by atoms with E-state index in [2.05, 4.69) is 4.72 Å². The molecule has 2 aromatic carbocycles. The molecule has 0 aliphatic heterocycles. The van der Waals surface area contributed by atoms with Crippen LogP contribution in [-0.4, -0.2) is 25.6 Å². The van der Waals surface area contributed by atoms with Crippen LogP contribution in [0.1, 0.15) is 22.8 Å². The Bertz CT molecular complexity index is 1190. The van der Waals surface area contributed by atoms with Gasteiger partial charge in [-0.15, -0.1) is 0 Å². The van der Waals surface area contributed by atoms with E-state index >= 15 is 0 Å². The van der Waals surface area contributed by atoms with Gasteiger partial charge in [-0.25, -0.2) is 18.0 Å². The van der Waals surface area contributed by atoms with E-state index in [9.17, 15) is 18.0 Å². The first-order chi connectivity index (χ1) is 12.7. The second-order valence-corrected chi connectivity index (χ2v) is 7.53. The lowest BCUT2D eigenvalue weighted by molar-refractivity contribution is 0.0527. The molecule has 0 bridgehead atoms. The number of esters is 1. The molecular weight excluding hydrogens is 372 g/mol. The molecule has 9 heteroatoms. The standard InChI is InChI=1S/C18H18N2O6S/c1-4-25-17(21)12-7-5-6-8-13(12)19-27(23,24)16-10-15-14(9-11(16)2)20(3)18(22)26-15/h5-10,19H,4H2,1-3H3. The van der Waals surface area contributed by atoms with Crippen LogP contribution in [0.15, 0.2) is 50.5 Å². The van der Waals surface area contributed by atoms with Crippen LogP contribution < -0.4 is 10.5 Å². The average molecular weight is 390 g/mol. The topological polar surface area (TPSA) is 108 Å². The molecule has 0 atom stereocenters. The van der Waals surface area contributed by atoms with E-state index in [1.807, 2.05) is 0 Å². The van der Waals surface area contributed by atoms with Gasteiger partial charge >= 0.3 is 11.7 Å². The van der Waals surface area contributed by atoms with E-state index in [1.54, 1.807) is 32.0 Å². The van der Waals surface area contributed by atoms with Crippen molar-refractivity contribution < 1.29 is 22.4 Å². The first-order valence-corrected chi connectivity index (χ1v) is 9.62. The largest absolute Gasteiger partial charge is 0.462 e. The van der Waals surface area contributed by atoms with Gasteiger partial charge in [0.05, 0.1) is 28.3 Å². The molecular formula is C18H18N2O6S. The Morgan fingerprint density at radius 1 is 1.26 bits per heavy atom. The summed E-state index contributed by atoms with van der Waals surface area (Å²) in [6.07, 6.45) is 0. The van der Waals surface area contributed by atoms with E-state index in [1.165, 1.54) is 29.8 Å². The van der Waals surface area contributed by atoms with Gasteiger partial charge in [-0.05, 0) is 37.6 Å². The summed E-state index contributed by atoms with van der Waals surface area (Å²) in [4.78, 5) is 23.7. The molecule has 0 saturated heterocycles. The predicted octanol–water partition coefficient (Wildman–Crippen LogP) is 2.42. The molecule has 0 fully saturated rings. The fourth-order valence-corrected chi connectivity index (χ4v) is 4.03. The number of anilines is 1. The number of hydrogen-bond acceptors (Lipinski definition) is 6. The molecule has 3 rings (SSSR count). The fourth-order valence-electron chi connectivity index (χ4n) is 2.71. The number of nitrogens with zero attached hydrogens (tertiary/aromatic N) is 1. The molecule has 0 amide bonds. The summed E-state index contributed by atoms with van der Waals surface area (Å²) in [7, 11) is -2.50. The summed E-state index contributed by atoms with van der Waals surface area (Å²) < 4.78 is 39.5. The Labute approximate surface area is 155 Å². The van der Waals surface area contributed by atoms with Gasteiger partial charge in [0.15, 0.2) is 5.58 Å². The van der Waals surface area contributed by atoms with E-state index in [0.717, 1.165) is 0 Å². The molecule has 0 spiro atoms. The predicted molar refractivity (Wildman–Crippen MR) is 99.4 cm³/mol. The number of oxazole rings is 1. The molecule has 1 N–H and O–H groups in total. The van der Waals surface area contributed by atoms with Crippen LogP contribution in [-0.2, 0) is 21.8 Å². The minimum Gasteiger partial charge on any atom is -0.462 e. The van der Waals surface area contributed by atoms with Crippen molar-refractivity contribution in [3.63, 3.8) is 0 Å². The zero-order valence-electron chi connectivity index (χ0n) is 15.0. The first kappa shape index (κ1) is 18.7. The number of hydrogen-bond donors (Lipinski definition) is 1. The van der Waals surface area contributed by atoms with Gasteiger partial charge < -0.3 is 9.15 Å². The lowest BCUT2D eigenvalue weighted by Crippen LogP contribution is -2.17. The summed E-state index contributed by atoms with van der Waals surface area (Å²) in [5.74, 6) is -1.21. The van der Waals surface area contributed by atoms with Crippen molar-refractivity contribution in [2.24, 2.45) is 7.05 Å². The van der Waals surface area contributed by atoms with Crippen LogP contribution in [0.4, 0.5) is 5.69 Å². The van der Waals surface area contributed by atoms with Crippen molar-refractivity contribution in [3.8, 4) is 0 Å². The van der Waals surface area contributed by atoms with Crippen molar-refractivity contribution in [2.75, 3.05) is 11.3 Å². The fraction of sp³-hybridized carbons (Fsp3) is 0.222. The third-order valence-corrected chi connectivity index (χ3v) is 5.55. The third-order valence-electron chi connectivity index (χ3n) is 4.05. The van der Waals surface area contributed by atoms with Gasteiger partial charge in [0.1, 0.15) is 0 Å². The van der Waals surface area contributed by atoms with Crippen molar-refractivity contribution in [3.05, 3.63) is 58.1 Å². The number of benzene rings is 2. The van der Waals surface area contributed by atoms with Gasteiger partial charge in [-0.1, -0.05) is 12.1 Å². The minimum atomic E-state index is -4.04. The van der Waals surface area contributed by atoms with Crippen molar-refractivity contribution >= 4 is 32.8 Å². The number of para-hydroxylation sites is 1. The lowest BCUT2D eigenvalue weighted by atomic mass is 10.2. The SMILES string of the molecule is CCOC(=O)c1ccccc1NS(=O)(=O)c1cc2oc(=O)n(C)c2cc1C. The number of aromatic nitrogens is 1. The van der Waals surface area contributed by atoms with E-state index in [-0.39, 0.29) is 28.3 Å². The van der Waals surface area contributed by atoms with Crippen molar-refractivity contribution in [1.82, 2.24) is 4.57 Å². The highest BCUT2D eigenvalue weighted by Crippen LogP contribution is 2.26. The molecule has 0 unspecified atom stereocenters. The lowest BCUT2D eigenvalue weighted by Gasteiger charge is -2.13. The van der Waals surface area contributed by atoms with Crippen molar-refractivity contribution in [1.29, 1.82) is 0 Å². The summed E-state index contributed by atoms with van der Waals surface area (Å²) in [5, 5.41) is 0. The number of ether oxygens (including phenoxy) is 1. The van der Waals surface area contributed by atoms with Crippen LogP contribution in [0.25, 0.3) is 11.1 Å². The van der Waals surface area contributed by atoms with Crippen LogP contribution in [0, 0.1) is 6.92 Å². The van der Waals surface area contributed by atoms with Gasteiger partial charge in [0, 0.05) is 13.1 Å². The zero-order chi connectivity index (χ0) is 19.8. The number of rotatable bonds is 5. The maximum absolute atomic E-state index is 12.9. The van der Waals surface area contributed by atoms with Gasteiger partial charge in [0.2, 0.25) is 0 Å². The highest BCUT2D eigenvalue weighted by molar-refractivity contribution is 7.92. The van der Waals surface area contributed by atoms with E-state index in [0.29, 0.717) is 11.1 Å². The second-order valence-electron chi connectivity index (χ2n) is 5.88. The average Bonchev–Trinajstić information content (AvgIpc) is 2.88. The number of carbonyl (C=O) groups is 1. The number of nitrogens with one attached hydrogen (secondary N) is 1. The molecule has 142 valence electrons. The monoisotopic (exact) mass is 390 g/mol. The molecule has 0 saturated carbocycles. The number of carbonyl (C=O) groups excluding carboxylic acids is 1. The number of sulfonamides is 1. The second kappa shape index (κ2) is 6.92. The quantitative estimate of drug-likeness (QED) is 0.671. The summed E-state index contributed by atoms with van der Waals surface area (Å²) >= 11 is 0. The summed E-state index contributed by atoms with van der Waals surface area (Å²) in [6, 6.07) is 9.02. The van der Waals surface area contributed by atoms with Crippen LogP contribution in [0.5, 0.6) is 0 Å². The molecule has 0 aliphatic carbocycles. The molecule has 0 radical (unpaired) electrons. The Morgan fingerprint density at radius 3 is 2.67 bits per heavy atom. The van der Waals surface area contributed by atoms with Gasteiger partial charge in [0.25, 0.3) is 10.0 Å². The van der Waals surface area contributed by atoms with E-state index < -0.39 is 21.7 Å². The summed E-state index contributed by atoms with van der Waals surface area (Å²) in [6.45, 7) is 3.45. The first-order valence-electron chi connectivity index (χ1n) is 8.13. The Balaban J connectivity index is 2.06. The zero-order valence-corrected chi connectivity index (χ0v) is 15.8.